The first-order valence-corrected chi connectivity index (χ1v) is 6.74. The van der Waals surface area contributed by atoms with E-state index in [4.69, 9.17) is 10.5 Å². The largest absolute Gasteiger partial charge is 0.487 e. The molecule has 0 radical (unpaired) electrons. The van der Waals surface area contributed by atoms with E-state index < -0.39 is 0 Å². The molecule has 1 saturated heterocycles. The van der Waals surface area contributed by atoms with Gasteiger partial charge in [0.2, 0.25) is 0 Å². The average Bonchev–Trinajstić information content (AvgIpc) is 2.62. The van der Waals surface area contributed by atoms with Crippen LogP contribution in [0.15, 0.2) is 0 Å². The molecule has 1 atom stereocenters. The summed E-state index contributed by atoms with van der Waals surface area (Å²) in [4.78, 5) is 4.69. The van der Waals surface area contributed by atoms with Crippen LogP contribution in [0.5, 0.6) is 5.75 Å². The third-order valence-electron chi connectivity index (χ3n) is 3.04. The predicted molar refractivity (Wildman–Crippen MR) is 72.0 cm³/mol. The second kappa shape index (κ2) is 5.10. The maximum Gasteiger partial charge on any atom is 0.197 e. The topological polar surface area (TPSA) is 54.6 Å². The van der Waals surface area contributed by atoms with Crippen LogP contribution in [0.1, 0.15) is 13.8 Å². The standard InChI is InChI=1S/C11H20N4OS/c1-4-16-9-10(12)13-17-11(9)15-6-5-14(3)7-8(15)2/h8H,4-7H2,1-3H3,(H2,12,13). The maximum atomic E-state index is 5.84. The zero-order valence-corrected chi connectivity index (χ0v) is 11.5. The van der Waals surface area contributed by atoms with Crippen LogP contribution in [-0.2, 0) is 0 Å². The van der Waals surface area contributed by atoms with Gasteiger partial charge in [-0.3, -0.25) is 0 Å². The van der Waals surface area contributed by atoms with Crippen molar-refractivity contribution in [1.82, 2.24) is 9.27 Å². The van der Waals surface area contributed by atoms with Crippen LogP contribution in [0.2, 0.25) is 0 Å². The van der Waals surface area contributed by atoms with Gasteiger partial charge in [0.25, 0.3) is 0 Å². The number of piperazine rings is 1. The van der Waals surface area contributed by atoms with Gasteiger partial charge in [-0.25, -0.2) is 0 Å². The highest BCUT2D eigenvalue weighted by Gasteiger charge is 2.27. The molecule has 2 heterocycles. The van der Waals surface area contributed by atoms with E-state index in [9.17, 15) is 0 Å². The number of rotatable bonds is 3. The molecule has 1 aliphatic heterocycles. The number of nitrogens with zero attached hydrogens (tertiary/aromatic N) is 3. The smallest absolute Gasteiger partial charge is 0.197 e. The lowest BCUT2D eigenvalue weighted by molar-refractivity contribution is 0.273. The van der Waals surface area contributed by atoms with Crippen molar-refractivity contribution in [2.24, 2.45) is 0 Å². The summed E-state index contributed by atoms with van der Waals surface area (Å²) in [7, 11) is 2.15. The van der Waals surface area contributed by atoms with E-state index >= 15 is 0 Å². The summed E-state index contributed by atoms with van der Waals surface area (Å²) >= 11 is 1.44. The molecule has 1 aromatic rings. The van der Waals surface area contributed by atoms with Crippen molar-refractivity contribution in [3.8, 4) is 5.75 Å². The number of nitrogens with two attached hydrogens (primary N) is 1. The molecule has 1 fully saturated rings. The molecule has 6 heteroatoms. The second-order valence-corrected chi connectivity index (χ2v) is 5.19. The highest BCUT2D eigenvalue weighted by molar-refractivity contribution is 7.11. The first-order valence-electron chi connectivity index (χ1n) is 5.96. The highest BCUT2D eigenvalue weighted by atomic mass is 32.1. The monoisotopic (exact) mass is 256 g/mol. The van der Waals surface area contributed by atoms with Crippen molar-refractivity contribution >= 4 is 22.4 Å². The van der Waals surface area contributed by atoms with Crippen LogP contribution in [0.3, 0.4) is 0 Å². The van der Waals surface area contributed by atoms with Gasteiger partial charge in [-0.1, -0.05) is 0 Å². The molecule has 96 valence electrons. The summed E-state index contributed by atoms with van der Waals surface area (Å²) in [6, 6.07) is 0.466. The summed E-state index contributed by atoms with van der Waals surface area (Å²) in [5, 5.41) is 1.07. The van der Waals surface area contributed by atoms with E-state index in [1.54, 1.807) is 0 Å². The van der Waals surface area contributed by atoms with Gasteiger partial charge in [0.1, 0.15) is 0 Å². The Morgan fingerprint density at radius 3 is 2.94 bits per heavy atom. The fourth-order valence-corrected chi connectivity index (χ4v) is 3.08. The quantitative estimate of drug-likeness (QED) is 0.882. The minimum Gasteiger partial charge on any atom is -0.487 e. The van der Waals surface area contributed by atoms with Crippen LogP contribution < -0.4 is 15.4 Å². The molecule has 1 aliphatic rings. The number of ether oxygens (including phenoxy) is 1. The third kappa shape index (κ3) is 2.47. The van der Waals surface area contributed by atoms with Crippen molar-refractivity contribution < 1.29 is 4.74 Å². The summed E-state index contributed by atoms with van der Waals surface area (Å²) in [6.45, 7) is 7.93. The number of likely N-dealkylation sites (N-methyl/N-ethyl adjacent to an activating group) is 1. The maximum absolute atomic E-state index is 5.84. The summed E-state index contributed by atoms with van der Waals surface area (Å²) in [6.07, 6.45) is 0. The summed E-state index contributed by atoms with van der Waals surface area (Å²) in [5.74, 6) is 1.27. The van der Waals surface area contributed by atoms with Crippen molar-refractivity contribution in [2.45, 2.75) is 19.9 Å². The van der Waals surface area contributed by atoms with Crippen LogP contribution in [0.4, 0.5) is 10.8 Å². The molecule has 0 aromatic carbocycles. The third-order valence-corrected chi connectivity index (χ3v) is 3.92. The van der Waals surface area contributed by atoms with E-state index in [-0.39, 0.29) is 0 Å². The van der Waals surface area contributed by atoms with Crippen LogP contribution in [0, 0.1) is 0 Å². The van der Waals surface area contributed by atoms with Crippen LogP contribution >= 0.6 is 11.5 Å². The molecule has 0 spiro atoms. The molecule has 5 nitrogen and oxygen atoms in total. The number of nitrogen functional groups attached to an aromatic ring is 1. The van der Waals surface area contributed by atoms with Gasteiger partial charge in [-0.15, -0.1) is 0 Å². The SMILES string of the molecule is CCOc1c(N)nsc1N1CCN(C)CC1C. The van der Waals surface area contributed by atoms with Gasteiger partial charge >= 0.3 is 0 Å². The molecule has 2 rings (SSSR count). The minimum absolute atomic E-state index is 0.466. The molecule has 0 amide bonds. The number of aromatic nitrogens is 1. The first-order chi connectivity index (χ1) is 8.13. The zero-order chi connectivity index (χ0) is 12.4. The number of hydrogen-bond acceptors (Lipinski definition) is 6. The van der Waals surface area contributed by atoms with Crippen molar-refractivity contribution in [3.05, 3.63) is 0 Å². The second-order valence-electron chi connectivity index (χ2n) is 4.44. The van der Waals surface area contributed by atoms with Crippen LogP contribution in [-0.4, -0.2) is 48.6 Å². The predicted octanol–water partition coefficient (Wildman–Crippen LogP) is 1.26. The van der Waals surface area contributed by atoms with Gasteiger partial charge < -0.3 is 20.3 Å². The Hall–Kier alpha value is -1.01. The lowest BCUT2D eigenvalue weighted by Crippen LogP contribution is -2.50. The molecular weight excluding hydrogens is 236 g/mol. The molecular formula is C11H20N4OS. The molecule has 0 saturated carbocycles. The van der Waals surface area contributed by atoms with Crippen LogP contribution in [0.25, 0.3) is 0 Å². The molecule has 1 unspecified atom stereocenters. The lowest BCUT2D eigenvalue weighted by atomic mass is 10.2. The number of hydrogen-bond donors (Lipinski definition) is 1. The van der Waals surface area contributed by atoms with Gasteiger partial charge in [0.05, 0.1) is 6.61 Å². The van der Waals surface area contributed by atoms with Crippen molar-refractivity contribution in [3.63, 3.8) is 0 Å². The zero-order valence-electron chi connectivity index (χ0n) is 10.6. The summed E-state index contributed by atoms with van der Waals surface area (Å²) in [5.41, 5.74) is 5.84. The van der Waals surface area contributed by atoms with Gasteiger partial charge in [-0.05, 0) is 32.4 Å². The Balaban J connectivity index is 2.21. The molecule has 0 aliphatic carbocycles. The average molecular weight is 256 g/mol. The Kier molecular flexibility index (Phi) is 3.73. The lowest BCUT2D eigenvalue weighted by Gasteiger charge is -2.38. The fourth-order valence-electron chi connectivity index (χ4n) is 2.19. The van der Waals surface area contributed by atoms with Crippen molar-refractivity contribution in [2.75, 3.05) is 43.9 Å². The normalized spacial score (nSPS) is 21.8. The van der Waals surface area contributed by atoms with E-state index in [0.717, 1.165) is 30.4 Å². The Morgan fingerprint density at radius 1 is 1.53 bits per heavy atom. The molecule has 0 bridgehead atoms. The molecule has 2 N–H and O–H groups in total. The summed E-state index contributed by atoms with van der Waals surface area (Å²) < 4.78 is 9.81. The van der Waals surface area contributed by atoms with E-state index in [2.05, 4.69) is 28.1 Å². The Morgan fingerprint density at radius 2 is 2.29 bits per heavy atom. The number of anilines is 2. The molecule has 1 aromatic heterocycles. The van der Waals surface area contributed by atoms with E-state index in [1.807, 2.05) is 6.92 Å². The fraction of sp³-hybridized carbons (Fsp3) is 0.727. The minimum atomic E-state index is 0.466. The molecule has 17 heavy (non-hydrogen) atoms. The first kappa shape index (κ1) is 12.4. The highest BCUT2D eigenvalue weighted by Crippen LogP contribution is 2.39. The van der Waals surface area contributed by atoms with Gasteiger partial charge in [0, 0.05) is 25.7 Å². The van der Waals surface area contributed by atoms with Gasteiger partial charge in [0.15, 0.2) is 16.6 Å². The van der Waals surface area contributed by atoms with E-state index in [0.29, 0.717) is 18.5 Å². The Bertz CT molecular complexity index is 382. The van der Waals surface area contributed by atoms with Crippen molar-refractivity contribution in [1.29, 1.82) is 0 Å². The van der Waals surface area contributed by atoms with Gasteiger partial charge in [-0.2, -0.15) is 4.37 Å². The Labute approximate surface area is 106 Å². The van der Waals surface area contributed by atoms with E-state index in [1.165, 1.54) is 11.5 Å².